The van der Waals surface area contributed by atoms with Crippen molar-refractivity contribution in [2.45, 2.75) is 11.8 Å². The van der Waals surface area contributed by atoms with Gasteiger partial charge in [0.05, 0.1) is 48.8 Å². The number of pyridine rings is 1. The van der Waals surface area contributed by atoms with E-state index < -0.39 is 11.1 Å². The van der Waals surface area contributed by atoms with Crippen molar-refractivity contribution >= 4 is 34.1 Å². The van der Waals surface area contributed by atoms with Crippen LogP contribution in [0.1, 0.15) is 17.3 Å². The average Bonchev–Trinajstić information content (AvgIpc) is 2.82. The van der Waals surface area contributed by atoms with Crippen LogP contribution in [-0.4, -0.2) is 46.2 Å². The Bertz CT molecular complexity index is 1200. The predicted molar refractivity (Wildman–Crippen MR) is 125 cm³/mol. The molecule has 0 aliphatic rings. The number of ketones is 1. The van der Waals surface area contributed by atoms with Crippen LogP contribution in [0.25, 0.3) is 11.1 Å². The van der Waals surface area contributed by atoms with Crippen LogP contribution in [-0.2, 0) is 15.9 Å². The van der Waals surface area contributed by atoms with E-state index in [1.165, 1.54) is 45.5 Å². The van der Waals surface area contributed by atoms with Crippen molar-refractivity contribution in [2.75, 3.05) is 31.4 Å². The first-order chi connectivity index (χ1) is 15.8. The lowest BCUT2D eigenvalue weighted by atomic mass is 9.98. The standard InChI is InChI=1S/C23H23N3O6S/c1-14(27)15-6-9-20(33(29)30)17(11-15)22-18(31-2)7-8-19(32-3)23(22)25-13-21(28)26-16-5-4-10-24-12-16/h4-12,25H,13H2,1-3H3,(H,26,28)(H,29,30). The van der Waals surface area contributed by atoms with Crippen LogP contribution in [0.2, 0.25) is 0 Å². The van der Waals surface area contributed by atoms with Gasteiger partial charge in [-0.05, 0) is 43.3 Å². The topological polar surface area (TPSA) is 127 Å². The van der Waals surface area contributed by atoms with Crippen LogP contribution in [0.5, 0.6) is 11.5 Å². The van der Waals surface area contributed by atoms with Gasteiger partial charge in [0.2, 0.25) is 5.91 Å². The Morgan fingerprint density at radius 3 is 2.42 bits per heavy atom. The number of carbonyl (C=O) groups excluding carboxylic acids is 2. The van der Waals surface area contributed by atoms with Gasteiger partial charge >= 0.3 is 0 Å². The summed E-state index contributed by atoms with van der Waals surface area (Å²) in [6.07, 6.45) is 3.12. The average molecular weight is 470 g/mol. The molecule has 1 heterocycles. The lowest BCUT2D eigenvalue weighted by molar-refractivity contribution is -0.114. The molecule has 0 spiro atoms. The van der Waals surface area contributed by atoms with Crippen LogP contribution >= 0.6 is 0 Å². The Hall–Kier alpha value is -3.76. The van der Waals surface area contributed by atoms with E-state index in [0.717, 1.165) is 0 Å². The maximum Gasteiger partial charge on any atom is 0.243 e. The van der Waals surface area contributed by atoms with Gasteiger partial charge in [0.15, 0.2) is 16.9 Å². The summed E-state index contributed by atoms with van der Waals surface area (Å²) in [5, 5.41) is 5.76. The Kier molecular flexibility index (Phi) is 7.75. The van der Waals surface area contributed by atoms with Crippen molar-refractivity contribution in [3.05, 3.63) is 60.4 Å². The van der Waals surface area contributed by atoms with E-state index >= 15 is 0 Å². The third-order valence-electron chi connectivity index (χ3n) is 4.78. The number of nitrogens with one attached hydrogen (secondary N) is 2. The Balaban J connectivity index is 2.08. The van der Waals surface area contributed by atoms with E-state index in [1.807, 2.05) is 0 Å². The molecule has 1 aromatic heterocycles. The molecular weight excluding hydrogens is 446 g/mol. The van der Waals surface area contributed by atoms with Crippen molar-refractivity contribution in [3.8, 4) is 22.6 Å². The largest absolute Gasteiger partial charge is 0.496 e. The first kappa shape index (κ1) is 23.9. The van der Waals surface area contributed by atoms with E-state index in [-0.39, 0.29) is 23.1 Å². The number of aromatic nitrogens is 1. The minimum atomic E-state index is -2.35. The maximum atomic E-state index is 12.5. The predicted octanol–water partition coefficient (Wildman–Crippen LogP) is 3.60. The first-order valence-corrected chi connectivity index (χ1v) is 10.9. The zero-order valence-corrected chi connectivity index (χ0v) is 19.1. The molecule has 0 bridgehead atoms. The monoisotopic (exact) mass is 469 g/mol. The normalized spacial score (nSPS) is 11.4. The van der Waals surface area contributed by atoms with Crippen LogP contribution in [0.15, 0.2) is 59.8 Å². The van der Waals surface area contributed by atoms with Crippen molar-refractivity contribution in [1.29, 1.82) is 0 Å². The number of benzene rings is 2. The summed E-state index contributed by atoms with van der Waals surface area (Å²) < 4.78 is 32.9. The van der Waals surface area contributed by atoms with Crippen molar-refractivity contribution in [3.63, 3.8) is 0 Å². The Labute approximate surface area is 193 Å². The fourth-order valence-corrected chi connectivity index (χ4v) is 3.79. The van der Waals surface area contributed by atoms with E-state index in [4.69, 9.17) is 9.47 Å². The van der Waals surface area contributed by atoms with Crippen LogP contribution in [0, 0.1) is 0 Å². The zero-order chi connectivity index (χ0) is 24.0. The Morgan fingerprint density at radius 2 is 1.82 bits per heavy atom. The summed E-state index contributed by atoms with van der Waals surface area (Å²) in [5.74, 6) is 0.183. The quantitative estimate of drug-likeness (QED) is 0.320. The lowest BCUT2D eigenvalue weighted by Gasteiger charge is -2.20. The summed E-state index contributed by atoms with van der Waals surface area (Å²) in [4.78, 5) is 28.5. The van der Waals surface area contributed by atoms with Gasteiger partial charge in [0.25, 0.3) is 0 Å². The molecule has 3 rings (SSSR count). The molecule has 3 aromatic rings. The van der Waals surface area contributed by atoms with E-state index in [0.29, 0.717) is 39.6 Å². The van der Waals surface area contributed by atoms with Gasteiger partial charge in [0.1, 0.15) is 11.5 Å². The molecule has 9 nitrogen and oxygen atoms in total. The van der Waals surface area contributed by atoms with Crippen LogP contribution < -0.4 is 20.1 Å². The molecule has 1 amide bonds. The first-order valence-electron chi connectivity index (χ1n) is 9.80. The summed E-state index contributed by atoms with van der Waals surface area (Å²) >= 11 is -2.35. The highest BCUT2D eigenvalue weighted by Gasteiger charge is 2.23. The van der Waals surface area contributed by atoms with Crippen molar-refractivity contribution < 1.29 is 27.8 Å². The SMILES string of the molecule is COc1ccc(OC)c(-c2cc(C(C)=O)ccc2S(=O)O)c1NCC(=O)Nc1cccnc1. The van der Waals surface area contributed by atoms with Crippen LogP contribution in [0.4, 0.5) is 11.4 Å². The van der Waals surface area contributed by atoms with Gasteiger partial charge < -0.3 is 24.7 Å². The molecule has 172 valence electrons. The zero-order valence-electron chi connectivity index (χ0n) is 18.2. The van der Waals surface area contributed by atoms with Gasteiger partial charge in [-0.1, -0.05) is 6.07 Å². The van der Waals surface area contributed by atoms with Crippen molar-refractivity contribution in [1.82, 2.24) is 4.98 Å². The van der Waals surface area contributed by atoms with Gasteiger partial charge in [0, 0.05) is 17.3 Å². The fourth-order valence-electron chi connectivity index (χ4n) is 3.25. The molecule has 0 radical (unpaired) electrons. The second-order valence-electron chi connectivity index (χ2n) is 6.88. The number of ether oxygens (including phenoxy) is 2. The minimum absolute atomic E-state index is 0.0782. The molecule has 3 N–H and O–H groups in total. The third-order valence-corrected chi connectivity index (χ3v) is 5.52. The lowest BCUT2D eigenvalue weighted by Crippen LogP contribution is -2.22. The van der Waals surface area contributed by atoms with E-state index in [1.54, 1.807) is 30.5 Å². The molecule has 2 aromatic carbocycles. The molecule has 1 unspecified atom stereocenters. The number of carbonyl (C=O) groups is 2. The maximum absolute atomic E-state index is 12.5. The molecule has 0 saturated heterocycles. The Morgan fingerprint density at radius 1 is 1.09 bits per heavy atom. The highest BCUT2D eigenvalue weighted by Crippen LogP contribution is 2.44. The second-order valence-corrected chi connectivity index (χ2v) is 7.82. The number of rotatable bonds is 9. The van der Waals surface area contributed by atoms with E-state index in [9.17, 15) is 18.4 Å². The third kappa shape index (κ3) is 5.54. The number of hydrogen-bond donors (Lipinski definition) is 3. The minimum Gasteiger partial charge on any atom is -0.496 e. The smallest absolute Gasteiger partial charge is 0.243 e. The molecule has 33 heavy (non-hydrogen) atoms. The molecule has 0 aliphatic carbocycles. The number of methoxy groups -OCH3 is 2. The molecule has 0 saturated carbocycles. The summed E-state index contributed by atoms with van der Waals surface area (Å²) in [6.45, 7) is 1.26. The highest BCUT2D eigenvalue weighted by atomic mass is 32.2. The van der Waals surface area contributed by atoms with Gasteiger partial charge in [-0.25, -0.2) is 4.21 Å². The van der Waals surface area contributed by atoms with Crippen LogP contribution in [0.3, 0.4) is 0 Å². The van der Waals surface area contributed by atoms with Gasteiger partial charge in [-0.3, -0.25) is 14.6 Å². The number of anilines is 2. The van der Waals surface area contributed by atoms with E-state index in [2.05, 4.69) is 15.6 Å². The number of nitrogens with zero attached hydrogens (tertiary/aromatic N) is 1. The molecule has 10 heteroatoms. The molecule has 0 aliphatic heterocycles. The summed E-state index contributed by atoms with van der Waals surface area (Å²) in [5.41, 5.74) is 1.94. The summed E-state index contributed by atoms with van der Waals surface area (Å²) in [6, 6.07) is 11.1. The molecular formula is C23H23N3O6S. The number of Topliss-reactive ketones (excluding diaryl/α,β-unsaturated/α-hetero) is 1. The van der Waals surface area contributed by atoms with Crippen molar-refractivity contribution in [2.24, 2.45) is 0 Å². The number of hydrogen-bond acceptors (Lipinski definition) is 7. The highest BCUT2D eigenvalue weighted by molar-refractivity contribution is 7.79. The number of amides is 1. The van der Waals surface area contributed by atoms with Gasteiger partial charge in [-0.2, -0.15) is 0 Å². The van der Waals surface area contributed by atoms with Gasteiger partial charge in [-0.15, -0.1) is 0 Å². The summed E-state index contributed by atoms with van der Waals surface area (Å²) in [7, 11) is 2.91. The second kappa shape index (κ2) is 10.7. The molecule has 1 atom stereocenters. The fraction of sp³-hybridized carbons (Fsp3) is 0.174. The molecule has 0 fully saturated rings.